The molecule has 28 heavy (non-hydrogen) atoms. The molecule has 0 radical (unpaired) electrons. The Kier molecular flexibility index (Phi) is 3.98. The van der Waals surface area contributed by atoms with Gasteiger partial charge in [-0.1, -0.05) is 18.2 Å². The number of nitrogens with zero attached hydrogens (tertiary/aromatic N) is 2. The Morgan fingerprint density at radius 3 is 2.71 bits per heavy atom. The van der Waals surface area contributed by atoms with Crippen LogP contribution in [0.25, 0.3) is 21.9 Å². The van der Waals surface area contributed by atoms with Gasteiger partial charge in [0.25, 0.3) is 5.91 Å². The molecule has 0 saturated heterocycles. The monoisotopic (exact) mass is 374 g/mol. The molecule has 4 aromatic rings. The number of hydroxylamine groups is 1. The minimum Gasteiger partial charge on any atom is -0.489 e. The zero-order chi connectivity index (χ0) is 19.1. The molecule has 2 heterocycles. The summed E-state index contributed by atoms with van der Waals surface area (Å²) >= 11 is 0. The molecule has 1 fully saturated rings. The van der Waals surface area contributed by atoms with E-state index in [-0.39, 0.29) is 0 Å². The fraction of sp³-hybridized carbons (Fsp3) is 0.182. The Hall–Kier alpha value is -3.38. The third-order valence-corrected chi connectivity index (χ3v) is 4.99. The summed E-state index contributed by atoms with van der Waals surface area (Å²) in [5.74, 6) is 0.667. The van der Waals surface area contributed by atoms with Gasteiger partial charge in [0.05, 0.1) is 17.9 Å². The van der Waals surface area contributed by atoms with Crippen LogP contribution in [0, 0.1) is 5.92 Å². The van der Waals surface area contributed by atoms with Crippen molar-refractivity contribution < 1.29 is 19.2 Å². The lowest BCUT2D eigenvalue weighted by Crippen LogP contribution is -2.27. The van der Waals surface area contributed by atoms with Crippen LogP contribution in [-0.4, -0.2) is 22.7 Å². The lowest BCUT2D eigenvalue weighted by Gasteiger charge is -2.16. The van der Waals surface area contributed by atoms with Crippen LogP contribution in [0.5, 0.6) is 5.75 Å². The summed E-state index contributed by atoms with van der Waals surface area (Å²) < 4.78 is 12.0. The fourth-order valence-electron chi connectivity index (χ4n) is 3.31. The van der Waals surface area contributed by atoms with Crippen LogP contribution in [0.2, 0.25) is 0 Å². The number of aromatic nitrogens is 1. The number of fused-ring (bicyclic) bond motifs is 3. The summed E-state index contributed by atoms with van der Waals surface area (Å²) in [6.45, 7) is 0.641. The van der Waals surface area contributed by atoms with E-state index in [4.69, 9.17) is 9.15 Å². The van der Waals surface area contributed by atoms with E-state index < -0.39 is 5.91 Å². The van der Waals surface area contributed by atoms with E-state index in [9.17, 15) is 10.0 Å². The highest BCUT2D eigenvalue weighted by Gasteiger charge is 2.26. The fourth-order valence-corrected chi connectivity index (χ4v) is 3.31. The van der Waals surface area contributed by atoms with Gasteiger partial charge in [-0.05, 0) is 49.1 Å². The average Bonchev–Trinajstić information content (AvgIpc) is 3.49. The second-order valence-corrected chi connectivity index (χ2v) is 6.99. The number of amides is 1. The lowest BCUT2D eigenvalue weighted by atomic mass is 10.0. The Morgan fingerprint density at radius 2 is 1.93 bits per heavy atom. The highest BCUT2D eigenvalue weighted by atomic mass is 16.5. The number of hydrogen-bond donors (Lipinski definition) is 1. The molecular formula is C22H18N2O4. The molecule has 0 spiro atoms. The van der Waals surface area contributed by atoms with Crippen LogP contribution in [0.1, 0.15) is 23.2 Å². The van der Waals surface area contributed by atoms with E-state index in [0.29, 0.717) is 51.1 Å². The second-order valence-electron chi connectivity index (χ2n) is 6.99. The summed E-state index contributed by atoms with van der Waals surface area (Å²) in [6.07, 6.45) is 5.41. The largest absolute Gasteiger partial charge is 0.489 e. The van der Waals surface area contributed by atoms with Gasteiger partial charge in [0, 0.05) is 23.2 Å². The van der Waals surface area contributed by atoms with Crippen molar-refractivity contribution in [1.82, 2.24) is 4.98 Å². The lowest BCUT2D eigenvalue weighted by molar-refractivity contribution is 0.0856. The first kappa shape index (κ1) is 16.8. The maximum atomic E-state index is 13.1. The molecule has 2 aromatic carbocycles. The van der Waals surface area contributed by atoms with E-state index in [1.165, 1.54) is 25.2 Å². The van der Waals surface area contributed by atoms with Crippen molar-refractivity contribution in [3.8, 4) is 5.75 Å². The predicted octanol–water partition coefficient (Wildman–Crippen LogP) is 4.81. The summed E-state index contributed by atoms with van der Waals surface area (Å²) in [5.41, 5.74) is 1.88. The molecule has 1 N–H and O–H groups in total. The number of benzene rings is 2. The van der Waals surface area contributed by atoms with Crippen molar-refractivity contribution in [3.05, 3.63) is 66.5 Å². The first-order valence-electron chi connectivity index (χ1n) is 9.23. The Bertz CT molecular complexity index is 1170. The smallest absolute Gasteiger partial charge is 0.282 e. The zero-order valence-electron chi connectivity index (χ0n) is 15.0. The molecule has 2 aromatic heterocycles. The maximum absolute atomic E-state index is 13.1. The van der Waals surface area contributed by atoms with Crippen LogP contribution in [-0.2, 0) is 0 Å². The standard InChI is InChI=1S/C22H18N2O4/c25-22(24(26)15-9-11-23-12-10-15)17-7-8-19(27-13-14-5-6-14)21-20(17)16-3-1-2-4-18(16)28-21/h1-4,7-12,14,26H,5-6,13H2. The molecule has 0 unspecified atom stereocenters. The van der Waals surface area contributed by atoms with Gasteiger partial charge in [0.2, 0.25) is 0 Å². The highest BCUT2D eigenvalue weighted by Crippen LogP contribution is 2.39. The number of rotatable bonds is 5. The molecule has 1 aliphatic carbocycles. The van der Waals surface area contributed by atoms with Crippen molar-refractivity contribution in [2.45, 2.75) is 12.8 Å². The number of pyridine rings is 1. The quantitative estimate of drug-likeness (QED) is 0.401. The van der Waals surface area contributed by atoms with E-state index in [1.54, 1.807) is 24.3 Å². The van der Waals surface area contributed by atoms with Gasteiger partial charge < -0.3 is 9.15 Å². The minimum atomic E-state index is -0.545. The zero-order valence-corrected chi connectivity index (χ0v) is 15.0. The van der Waals surface area contributed by atoms with Gasteiger partial charge in [-0.3, -0.25) is 15.0 Å². The Labute approximate surface area is 160 Å². The first-order chi connectivity index (χ1) is 13.7. The van der Waals surface area contributed by atoms with Crippen molar-refractivity contribution in [2.75, 3.05) is 11.7 Å². The molecule has 1 aliphatic rings. The number of carbonyl (C=O) groups is 1. The summed E-state index contributed by atoms with van der Waals surface area (Å²) in [5, 5.41) is 12.5. The molecular weight excluding hydrogens is 356 g/mol. The predicted molar refractivity (Wildman–Crippen MR) is 105 cm³/mol. The topological polar surface area (TPSA) is 75.8 Å². The summed E-state index contributed by atoms with van der Waals surface area (Å²) in [6, 6.07) is 14.1. The van der Waals surface area contributed by atoms with E-state index in [2.05, 4.69) is 4.98 Å². The van der Waals surface area contributed by atoms with Gasteiger partial charge in [0.15, 0.2) is 11.3 Å². The summed E-state index contributed by atoms with van der Waals surface area (Å²) in [7, 11) is 0. The van der Waals surface area contributed by atoms with E-state index >= 15 is 0 Å². The summed E-state index contributed by atoms with van der Waals surface area (Å²) in [4.78, 5) is 17.0. The molecule has 140 valence electrons. The number of carbonyl (C=O) groups excluding carboxylic acids is 1. The van der Waals surface area contributed by atoms with E-state index in [0.717, 1.165) is 5.39 Å². The van der Waals surface area contributed by atoms with Crippen LogP contribution >= 0.6 is 0 Å². The van der Waals surface area contributed by atoms with Crippen LogP contribution in [0.3, 0.4) is 0 Å². The Morgan fingerprint density at radius 1 is 1.14 bits per heavy atom. The Balaban J connectivity index is 1.64. The van der Waals surface area contributed by atoms with Crippen molar-refractivity contribution in [2.24, 2.45) is 5.92 Å². The van der Waals surface area contributed by atoms with Crippen LogP contribution in [0.15, 0.2) is 65.3 Å². The normalized spacial score (nSPS) is 13.8. The highest BCUT2D eigenvalue weighted by molar-refractivity contribution is 6.20. The molecule has 5 rings (SSSR count). The third-order valence-electron chi connectivity index (χ3n) is 4.99. The van der Waals surface area contributed by atoms with Crippen molar-refractivity contribution >= 4 is 33.5 Å². The third kappa shape index (κ3) is 2.88. The number of hydrogen-bond acceptors (Lipinski definition) is 5. The van der Waals surface area contributed by atoms with Crippen molar-refractivity contribution in [1.29, 1.82) is 0 Å². The number of ether oxygens (including phenoxy) is 1. The molecule has 6 nitrogen and oxygen atoms in total. The SMILES string of the molecule is O=C(c1ccc(OCC2CC2)c2oc3ccccc3c12)N(O)c1ccncc1. The number of anilines is 1. The number of furan rings is 1. The van der Waals surface area contributed by atoms with Gasteiger partial charge in [0.1, 0.15) is 5.58 Å². The molecule has 6 heteroatoms. The molecule has 0 atom stereocenters. The second kappa shape index (κ2) is 6.65. The van der Waals surface area contributed by atoms with Gasteiger partial charge in [-0.2, -0.15) is 5.06 Å². The maximum Gasteiger partial charge on any atom is 0.282 e. The molecule has 0 aliphatic heterocycles. The minimum absolute atomic E-state index is 0.343. The molecule has 0 bridgehead atoms. The van der Waals surface area contributed by atoms with Crippen LogP contribution < -0.4 is 9.80 Å². The van der Waals surface area contributed by atoms with Gasteiger partial charge >= 0.3 is 0 Å². The van der Waals surface area contributed by atoms with Gasteiger partial charge in [-0.25, -0.2) is 0 Å². The van der Waals surface area contributed by atoms with Crippen molar-refractivity contribution in [3.63, 3.8) is 0 Å². The first-order valence-corrected chi connectivity index (χ1v) is 9.23. The number of para-hydroxylation sites is 1. The molecule has 1 saturated carbocycles. The van der Waals surface area contributed by atoms with E-state index in [1.807, 2.05) is 24.3 Å². The average molecular weight is 374 g/mol. The van der Waals surface area contributed by atoms with Gasteiger partial charge in [-0.15, -0.1) is 0 Å². The van der Waals surface area contributed by atoms with Crippen LogP contribution in [0.4, 0.5) is 5.69 Å². The molecule has 1 amide bonds.